The van der Waals surface area contributed by atoms with Crippen LogP contribution < -0.4 is 0 Å². The molecule has 2 aliphatic carbocycles. The standard InChI is InChI=1S/C40H28/c1-2-11-27(12-3-1)30-23-21-28-22-24-31(26-32(28)25-30)39-35-16-6-8-18-37(35)40(38-19-9-7-17-36(38)39)34-20-10-14-29-13-4-5-15-33(29)34/h1-26,29,33H. The highest BCUT2D eigenvalue weighted by atomic mass is 14.3. The third-order valence-corrected chi connectivity index (χ3v) is 8.60. The molecule has 6 aromatic rings. The average molecular weight is 509 g/mol. The summed E-state index contributed by atoms with van der Waals surface area (Å²) in [6.45, 7) is 0. The molecule has 0 heteroatoms. The zero-order valence-corrected chi connectivity index (χ0v) is 22.2. The molecule has 0 nitrogen and oxygen atoms in total. The van der Waals surface area contributed by atoms with Crippen LogP contribution in [-0.4, -0.2) is 0 Å². The predicted molar refractivity (Wildman–Crippen MR) is 172 cm³/mol. The second kappa shape index (κ2) is 9.36. The van der Waals surface area contributed by atoms with Crippen molar-refractivity contribution in [1.29, 1.82) is 0 Å². The Labute approximate surface area is 234 Å². The molecular weight excluding hydrogens is 480 g/mol. The van der Waals surface area contributed by atoms with Crippen molar-refractivity contribution in [2.45, 2.75) is 0 Å². The van der Waals surface area contributed by atoms with Crippen LogP contribution in [0.5, 0.6) is 0 Å². The van der Waals surface area contributed by atoms with Gasteiger partial charge in [0, 0.05) is 11.8 Å². The molecule has 0 saturated heterocycles. The minimum Gasteiger partial charge on any atom is -0.0767 e. The summed E-state index contributed by atoms with van der Waals surface area (Å²) in [6, 6.07) is 42.4. The quantitative estimate of drug-likeness (QED) is 0.209. The minimum atomic E-state index is 0.352. The first-order chi connectivity index (χ1) is 19.8. The van der Waals surface area contributed by atoms with Crippen LogP contribution in [-0.2, 0) is 0 Å². The van der Waals surface area contributed by atoms with Gasteiger partial charge in [-0.1, -0.05) is 146 Å². The number of benzene rings is 6. The summed E-state index contributed by atoms with van der Waals surface area (Å²) in [5, 5.41) is 7.76. The average Bonchev–Trinajstić information content (AvgIpc) is 3.03. The van der Waals surface area contributed by atoms with E-state index in [4.69, 9.17) is 0 Å². The molecule has 0 amide bonds. The van der Waals surface area contributed by atoms with Gasteiger partial charge in [0.25, 0.3) is 0 Å². The van der Waals surface area contributed by atoms with Gasteiger partial charge < -0.3 is 0 Å². The van der Waals surface area contributed by atoms with Crippen LogP contribution in [0.2, 0.25) is 0 Å². The second-order valence-corrected chi connectivity index (χ2v) is 10.9. The van der Waals surface area contributed by atoms with Crippen molar-refractivity contribution in [3.63, 3.8) is 0 Å². The van der Waals surface area contributed by atoms with Crippen molar-refractivity contribution in [2.75, 3.05) is 0 Å². The fourth-order valence-electron chi connectivity index (χ4n) is 6.73. The molecule has 0 radical (unpaired) electrons. The molecular formula is C40H28. The first kappa shape index (κ1) is 23.0. The molecule has 6 aromatic carbocycles. The normalized spacial score (nSPS) is 17.9. The highest BCUT2D eigenvalue weighted by Crippen LogP contribution is 2.46. The lowest BCUT2D eigenvalue weighted by Gasteiger charge is -2.29. The van der Waals surface area contributed by atoms with E-state index in [1.807, 2.05) is 0 Å². The van der Waals surface area contributed by atoms with E-state index in [0.717, 1.165) is 0 Å². The van der Waals surface area contributed by atoms with E-state index in [9.17, 15) is 0 Å². The highest BCUT2D eigenvalue weighted by Gasteiger charge is 2.27. The smallest absolute Gasteiger partial charge is 0.0125 e. The molecule has 188 valence electrons. The van der Waals surface area contributed by atoms with Crippen molar-refractivity contribution in [1.82, 2.24) is 0 Å². The maximum absolute atomic E-state index is 2.38. The molecule has 0 aromatic heterocycles. The molecule has 0 N–H and O–H groups in total. The summed E-state index contributed by atoms with van der Waals surface area (Å²) >= 11 is 0. The van der Waals surface area contributed by atoms with E-state index < -0.39 is 0 Å². The number of allylic oxidation sites excluding steroid dienone is 8. The first-order valence-corrected chi connectivity index (χ1v) is 14.1. The summed E-state index contributed by atoms with van der Waals surface area (Å²) < 4.78 is 0. The van der Waals surface area contributed by atoms with Crippen LogP contribution >= 0.6 is 0 Å². The Morgan fingerprint density at radius 3 is 1.70 bits per heavy atom. The number of fused-ring (bicyclic) bond motifs is 4. The van der Waals surface area contributed by atoms with Gasteiger partial charge in [-0.3, -0.25) is 0 Å². The SMILES string of the molecule is C1=CC2C=CC=C(c3c4ccccc4c(-c4ccc5ccc(-c6ccccc6)cc5c4)c4ccccc34)C2C=C1. The molecule has 2 unspecified atom stereocenters. The van der Waals surface area contributed by atoms with Crippen LogP contribution in [0, 0.1) is 11.8 Å². The molecule has 0 spiro atoms. The van der Waals surface area contributed by atoms with Crippen LogP contribution in [0.4, 0.5) is 0 Å². The van der Waals surface area contributed by atoms with E-state index in [0.29, 0.717) is 11.8 Å². The van der Waals surface area contributed by atoms with Crippen molar-refractivity contribution in [3.8, 4) is 22.3 Å². The fourth-order valence-corrected chi connectivity index (χ4v) is 6.73. The Bertz CT molecular complexity index is 1990. The zero-order chi connectivity index (χ0) is 26.5. The van der Waals surface area contributed by atoms with Gasteiger partial charge in [0.05, 0.1) is 0 Å². The van der Waals surface area contributed by atoms with Gasteiger partial charge in [0.1, 0.15) is 0 Å². The van der Waals surface area contributed by atoms with E-state index in [1.165, 1.54) is 65.7 Å². The predicted octanol–water partition coefficient (Wildman–Crippen LogP) is 10.8. The van der Waals surface area contributed by atoms with Crippen molar-refractivity contribution >= 4 is 37.9 Å². The number of hydrogen-bond donors (Lipinski definition) is 0. The summed E-state index contributed by atoms with van der Waals surface area (Å²) in [7, 11) is 0. The Morgan fingerprint density at radius 2 is 0.975 bits per heavy atom. The van der Waals surface area contributed by atoms with Gasteiger partial charge >= 0.3 is 0 Å². The van der Waals surface area contributed by atoms with Crippen molar-refractivity contribution in [2.24, 2.45) is 11.8 Å². The first-order valence-electron chi connectivity index (χ1n) is 14.1. The fraction of sp³-hybridized carbons (Fsp3) is 0.0500. The molecule has 0 heterocycles. The molecule has 0 saturated carbocycles. The number of hydrogen-bond acceptors (Lipinski definition) is 0. The van der Waals surface area contributed by atoms with E-state index in [-0.39, 0.29) is 0 Å². The molecule has 0 aliphatic heterocycles. The van der Waals surface area contributed by atoms with Crippen molar-refractivity contribution < 1.29 is 0 Å². The molecule has 40 heavy (non-hydrogen) atoms. The van der Waals surface area contributed by atoms with Crippen LogP contribution in [0.25, 0.3) is 60.1 Å². The Morgan fingerprint density at radius 1 is 0.400 bits per heavy atom. The maximum Gasteiger partial charge on any atom is 0.0125 e. The Hall–Kier alpha value is -4.94. The maximum atomic E-state index is 2.38. The van der Waals surface area contributed by atoms with Crippen LogP contribution in [0.1, 0.15) is 5.56 Å². The Kier molecular flexibility index (Phi) is 5.38. The molecule has 0 bridgehead atoms. The van der Waals surface area contributed by atoms with Crippen molar-refractivity contribution in [3.05, 3.63) is 163 Å². The monoisotopic (exact) mass is 508 g/mol. The van der Waals surface area contributed by atoms with E-state index >= 15 is 0 Å². The highest BCUT2D eigenvalue weighted by molar-refractivity contribution is 6.19. The van der Waals surface area contributed by atoms with E-state index in [1.54, 1.807) is 0 Å². The lowest BCUT2D eigenvalue weighted by Crippen LogP contribution is -2.15. The van der Waals surface area contributed by atoms with Gasteiger partial charge in [0.15, 0.2) is 0 Å². The van der Waals surface area contributed by atoms with E-state index in [2.05, 4.69) is 158 Å². The lowest BCUT2D eigenvalue weighted by atomic mass is 9.74. The van der Waals surface area contributed by atoms with Crippen LogP contribution in [0.3, 0.4) is 0 Å². The third kappa shape index (κ3) is 3.68. The minimum absolute atomic E-state index is 0.352. The molecule has 0 fully saturated rings. The lowest BCUT2D eigenvalue weighted by molar-refractivity contribution is 0.679. The Balaban J connectivity index is 1.39. The topological polar surface area (TPSA) is 0 Å². The third-order valence-electron chi connectivity index (χ3n) is 8.60. The summed E-state index contributed by atoms with van der Waals surface area (Å²) in [5.74, 6) is 0.756. The summed E-state index contributed by atoms with van der Waals surface area (Å²) in [5.41, 5.74) is 7.82. The number of rotatable bonds is 3. The van der Waals surface area contributed by atoms with Gasteiger partial charge in [-0.25, -0.2) is 0 Å². The molecule has 8 rings (SSSR count). The van der Waals surface area contributed by atoms with Gasteiger partial charge in [-0.15, -0.1) is 0 Å². The molecule has 2 atom stereocenters. The summed E-state index contributed by atoms with van der Waals surface area (Å²) in [4.78, 5) is 0. The second-order valence-electron chi connectivity index (χ2n) is 10.9. The molecule has 2 aliphatic rings. The van der Waals surface area contributed by atoms with Gasteiger partial charge in [0.2, 0.25) is 0 Å². The summed E-state index contributed by atoms with van der Waals surface area (Å²) in [6.07, 6.45) is 16.0. The largest absolute Gasteiger partial charge is 0.0767 e. The van der Waals surface area contributed by atoms with Crippen LogP contribution in [0.15, 0.2) is 158 Å². The van der Waals surface area contributed by atoms with Gasteiger partial charge in [-0.05, 0) is 77.8 Å². The zero-order valence-electron chi connectivity index (χ0n) is 22.2. The van der Waals surface area contributed by atoms with Gasteiger partial charge in [-0.2, -0.15) is 0 Å².